The summed E-state index contributed by atoms with van der Waals surface area (Å²) in [5.41, 5.74) is 6.96. The van der Waals surface area contributed by atoms with Crippen molar-refractivity contribution in [3.63, 3.8) is 0 Å². The number of hydrogen-bond donors (Lipinski definition) is 2. The van der Waals surface area contributed by atoms with Gasteiger partial charge in [0.25, 0.3) is 0 Å². The molecule has 0 unspecified atom stereocenters. The lowest BCUT2D eigenvalue weighted by atomic mass is 10.2. The second-order valence-electron chi connectivity index (χ2n) is 4.97. The molecule has 112 valence electrons. The van der Waals surface area contributed by atoms with Gasteiger partial charge in [-0.3, -0.25) is 10.1 Å². The maximum atomic E-state index is 11.5. The van der Waals surface area contributed by atoms with Crippen LogP contribution in [0.25, 0.3) is 0 Å². The quantitative estimate of drug-likeness (QED) is 0.555. The second-order valence-corrected chi connectivity index (χ2v) is 6.95. The van der Waals surface area contributed by atoms with Crippen LogP contribution in [0.5, 0.6) is 0 Å². The third-order valence-electron chi connectivity index (χ3n) is 3.47. The molecule has 0 bridgehead atoms. The molecule has 0 atom stereocenters. The standard InChI is InChI=1S/C11H20N6O2S/c1-8-9(10(12)13)11(15(2)14-8)16-4-6-17(7-5-16)20(3,18)19/h4-7H2,1-3H3,(H3,12,13). The highest BCUT2D eigenvalue weighted by atomic mass is 32.2. The first-order valence-corrected chi connectivity index (χ1v) is 8.14. The van der Waals surface area contributed by atoms with Crippen LogP contribution in [0, 0.1) is 12.3 Å². The van der Waals surface area contributed by atoms with E-state index in [0.29, 0.717) is 37.4 Å². The molecule has 20 heavy (non-hydrogen) atoms. The summed E-state index contributed by atoms with van der Waals surface area (Å²) in [6.45, 7) is 3.80. The van der Waals surface area contributed by atoms with E-state index in [-0.39, 0.29) is 5.84 Å². The number of piperazine rings is 1. The van der Waals surface area contributed by atoms with Gasteiger partial charge in [0, 0.05) is 33.2 Å². The van der Waals surface area contributed by atoms with Gasteiger partial charge in [-0.25, -0.2) is 8.42 Å². The van der Waals surface area contributed by atoms with Gasteiger partial charge < -0.3 is 10.6 Å². The third kappa shape index (κ3) is 2.63. The molecule has 1 saturated heterocycles. The predicted molar refractivity (Wildman–Crippen MR) is 77.6 cm³/mol. The summed E-state index contributed by atoms with van der Waals surface area (Å²) < 4.78 is 26.2. The first-order chi connectivity index (χ1) is 9.21. The van der Waals surface area contributed by atoms with Crippen molar-refractivity contribution in [2.45, 2.75) is 6.92 Å². The highest BCUT2D eigenvalue weighted by molar-refractivity contribution is 7.88. The summed E-state index contributed by atoms with van der Waals surface area (Å²) in [5, 5.41) is 12.0. The molecule has 1 fully saturated rings. The molecule has 2 rings (SSSR count). The van der Waals surface area contributed by atoms with E-state index in [1.807, 2.05) is 11.8 Å². The zero-order chi connectivity index (χ0) is 15.1. The SMILES string of the molecule is Cc1nn(C)c(N2CCN(S(C)(=O)=O)CC2)c1C(=N)N. The maximum Gasteiger partial charge on any atom is 0.211 e. The Bertz CT molecular complexity index is 628. The van der Waals surface area contributed by atoms with Gasteiger partial charge in [0.05, 0.1) is 17.5 Å². The highest BCUT2D eigenvalue weighted by Gasteiger charge is 2.27. The molecule has 3 N–H and O–H groups in total. The minimum Gasteiger partial charge on any atom is -0.384 e. The van der Waals surface area contributed by atoms with Crippen LogP contribution in [-0.4, -0.2) is 60.8 Å². The van der Waals surface area contributed by atoms with Crippen molar-refractivity contribution in [3.8, 4) is 0 Å². The first kappa shape index (κ1) is 14.8. The molecular weight excluding hydrogens is 280 g/mol. The summed E-state index contributed by atoms with van der Waals surface area (Å²) in [4.78, 5) is 2.03. The fourth-order valence-electron chi connectivity index (χ4n) is 2.56. The average Bonchev–Trinajstić information content (AvgIpc) is 2.63. The van der Waals surface area contributed by atoms with Gasteiger partial charge in [-0.1, -0.05) is 0 Å². The lowest BCUT2D eigenvalue weighted by Gasteiger charge is -2.34. The van der Waals surface area contributed by atoms with E-state index in [0.717, 1.165) is 5.82 Å². The molecule has 0 spiro atoms. The van der Waals surface area contributed by atoms with E-state index >= 15 is 0 Å². The van der Waals surface area contributed by atoms with Crippen LogP contribution in [0.1, 0.15) is 11.3 Å². The number of nitrogens with two attached hydrogens (primary N) is 1. The van der Waals surface area contributed by atoms with Crippen LogP contribution in [0.15, 0.2) is 0 Å². The van der Waals surface area contributed by atoms with Gasteiger partial charge in [-0.05, 0) is 6.92 Å². The molecule has 0 amide bonds. The number of amidine groups is 1. The molecule has 0 radical (unpaired) electrons. The minimum absolute atomic E-state index is 0.0175. The number of sulfonamides is 1. The summed E-state index contributed by atoms with van der Waals surface area (Å²) in [7, 11) is -1.34. The van der Waals surface area contributed by atoms with E-state index in [1.54, 1.807) is 11.7 Å². The third-order valence-corrected chi connectivity index (χ3v) is 4.77. The molecule has 0 aliphatic carbocycles. The fourth-order valence-corrected chi connectivity index (χ4v) is 3.38. The number of aryl methyl sites for hydroxylation is 2. The first-order valence-electron chi connectivity index (χ1n) is 6.30. The van der Waals surface area contributed by atoms with Gasteiger partial charge >= 0.3 is 0 Å². The Labute approximate surface area is 118 Å². The summed E-state index contributed by atoms with van der Waals surface area (Å²) in [5.74, 6) is 0.763. The van der Waals surface area contributed by atoms with Gasteiger partial charge in [0.2, 0.25) is 10.0 Å². The molecule has 1 aromatic rings. The van der Waals surface area contributed by atoms with E-state index < -0.39 is 10.0 Å². The van der Waals surface area contributed by atoms with Crippen molar-refractivity contribution in [2.75, 3.05) is 37.3 Å². The smallest absolute Gasteiger partial charge is 0.211 e. The van der Waals surface area contributed by atoms with E-state index in [9.17, 15) is 8.42 Å². The van der Waals surface area contributed by atoms with Gasteiger partial charge in [0.15, 0.2) is 0 Å². The van der Waals surface area contributed by atoms with Crippen LogP contribution in [-0.2, 0) is 17.1 Å². The number of nitrogens with zero attached hydrogens (tertiary/aromatic N) is 4. The van der Waals surface area contributed by atoms with Crippen LogP contribution >= 0.6 is 0 Å². The second kappa shape index (κ2) is 5.06. The lowest BCUT2D eigenvalue weighted by Crippen LogP contribution is -2.49. The van der Waals surface area contributed by atoms with Crippen LogP contribution in [0.3, 0.4) is 0 Å². The summed E-state index contributed by atoms with van der Waals surface area (Å²) in [6.07, 6.45) is 1.22. The number of nitrogen functional groups attached to an aromatic ring is 1. The normalized spacial score (nSPS) is 17.4. The lowest BCUT2D eigenvalue weighted by molar-refractivity contribution is 0.385. The zero-order valence-corrected chi connectivity index (χ0v) is 12.7. The highest BCUT2D eigenvalue weighted by Crippen LogP contribution is 2.24. The molecule has 1 aliphatic rings. The molecule has 1 aliphatic heterocycles. The van der Waals surface area contributed by atoms with Crippen LogP contribution in [0.4, 0.5) is 5.82 Å². The van der Waals surface area contributed by atoms with Crippen molar-refractivity contribution in [2.24, 2.45) is 12.8 Å². The van der Waals surface area contributed by atoms with Crippen LogP contribution in [0.2, 0.25) is 0 Å². The molecule has 0 aromatic carbocycles. The number of aromatic nitrogens is 2. The molecule has 8 nitrogen and oxygen atoms in total. The van der Waals surface area contributed by atoms with Crippen molar-refractivity contribution in [3.05, 3.63) is 11.3 Å². The molecular formula is C11H20N6O2S. The van der Waals surface area contributed by atoms with E-state index in [2.05, 4.69) is 5.10 Å². The monoisotopic (exact) mass is 300 g/mol. The number of hydrogen-bond acceptors (Lipinski definition) is 5. The fraction of sp³-hybridized carbons (Fsp3) is 0.636. The molecule has 9 heteroatoms. The minimum atomic E-state index is -3.15. The maximum absolute atomic E-state index is 11.5. The predicted octanol–water partition coefficient (Wildman–Crippen LogP) is -0.906. The zero-order valence-electron chi connectivity index (χ0n) is 11.9. The Morgan fingerprint density at radius 3 is 2.30 bits per heavy atom. The van der Waals surface area contributed by atoms with Gasteiger partial charge in [-0.2, -0.15) is 9.40 Å². The van der Waals surface area contributed by atoms with Crippen molar-refractivity contribution >= 4 is 21.7 Å². The van der Waals surface area contributed by atoms with Crippen LogP contribution < -0.4 is 10.6 Å². The van der Waals surface area contributed by atoms with E-state index in [1.165, 1.54) is 10.6 Å². The average molecular weight is 300 g/mol. The van der Waals surface area contributed by atoms with Crippen molar-refractivity contribution < 1.29 is 8.42 Å². The van der Waals surface area contributed by atoms with Crippen molar-refractivity contribution in [1.82, 2.24) is 14.1 Å². The van der Waals surface area contributed by atoms with Gasteiger partial charge in [0.1, 0.15) is 11.7 Å². The van der Waals surface area contributed by atoms with Crippen molar-refractivity contribution in [1.29, 1.82) is 5.41 Å². The molecule has 0 saturated carbocycles. The molecule has 1 aromatic heterocycles. The number of rotatable bonds is 3. The Hall–Kier alpha value is -1.61. The molecule has 2 heterocycles. The van der Waals surface area contributed by atoms with Gasteiger partial charge in [-0.15, -0.1) is 0 Å². The number of nitrogens with one attached hydrogen (secondary N) is 1. The van der Waals surface area contributed by atoms with E-state index in [4.69, 9.17) is 11.1 Å². The summed E-state index contributed by atoms with van der Waals surface area (Å²) >= 11 is 0. The number of anilines is 1. The largest absolute Gasteiger partial charge is 0.384 e. The topological polar surface area (TPSA) is 108 Å². The Kier molecular flexibility index (Phi) is 3.74. The Morgan fingerprint density at radius 2 is 1.85 bits per heavy atom. The Balaban J connectivity index is 2.26. The summed E-state index contributed by atoms with van der Waals surface area (Å²) in [6, 6.07) is 0. The Morgan fingerprint density at radius 1 is 1.30 bits per heavy atom.